The number of para-hydroxylation sites is 1. The van der Waals surface area contributed by atoms with Crippen molar-refractivity contribution < 1.29 is 18.6 Å². The Bertz CT molecular complexity index is 509. The quantitative estimate of drug-likeness (QED) is 0.896. The van der Waals surface area contributed by atoms with Crippen LogP contribution in [-0.4, -0.2) is 11.7 Å². The van der Waals surface area contributed by atoms with Crippen LogP contribution in [0.3, 0.4) is 0 Å². The predicted octanol–water partition coefficient (Wildman–Crippen LogP) is 3.47. The molecule has 1 N–H and O–H groups in total. The summed E-state index contributed by atoms with van der Waals surface area (Å²) < 4.78 is 32.2. The Morgan fingerprint density at radius 2 is 1.58 bits per heavy atom. The maximum atomic E-state index is 13.4. The lowest BCUT2D eigenvalue weighted by Crippen LogP contribution is -2.09. The van der Waals surface area contributed by atoms with Gasteiger partial charge in [-0.1, -0.05) is 24.3 Å². The molecule has 0 spiro atoms. The van der Waals surface area contributed by atoms with E-state index < -0.39 is 17.7 Å². The fourth-order valence-electron chi connectivity index (χ4n) is 1.78. The van der Waals surface area contributed by atoms with Gasteiger partial charge in [0.25, 0.3) is 0 Å². The molecule has 0 saturated carbocycles. The summed E-state index contributed by atoms with van der Waals surface area (Å²) in [6.07, 6.45) is -1.10. The highest BCUT2D eigenvalue weighted by Gasteiger charge is 2.17. The Morgan fingerprint density at radius 1 is 0.947 bits per heavy atom. The molecule has 0 heterocycles. The number of hydrogen-bond donors (Lipinski definition) is 1. The third-order valence-corrected chi connectivity index (χ3v) is 2.74. The Balaban J connectivity index is 1.93. The first-order valence-corrected chi connectivity index (χ1v) is 5.98. The van der Waals surface area contributed by atoms with E-state index in [2.05, 4.69) is 0 Å². The van der Waals surface area contributed by atoms with Gasteiger partial charge in [-0.05, 0) is 24.3 Å². The third-order valence-electron chi connectivity index (χ3n) is 2.74. The number of benzene rings is 2. The van der Waals surface area contributed by atoms with Gasteiger partial charge in [0.1, 0.15) is 17.4 Å². The molecule has 1 unspecified atom stereocenters. The first-order valence-electron chi connectivity index (χ1n) is 5.98. The molecule has 0 radical (unpaired) electrons. The van der Waals surface area contributed by atoms with Crippen molar-refractivity contribution in [2.24, 2.45) is 0 Å². The summed E-state index contributed by atoms with van der Waals surface area (Å²) in [7, 11) is 0. The number of hydrogen-bond acceptors (Lipinski definition) is 2. The van der Waals surface area contributed by atoms with E-state index in [1.807, 2.05) is 18.2 Å². The zero-order valence-corrected chi connectivity index (χ0v) is 10.2. The van der Waals surface area contributed by atoms with E-state index in [-0.39, 0.29) is 18.6 Å². The molecule has 0 aliphatic rings. The van der Waals surface area contributed by atoms with E-state index in [9.17, 15) is 13.9 Å². The molecule has 19 heavy (non-hydrogen) atoms. The van der Waals surface area contributed by atoms with Crippen LogP contribution in [0.5, 0.6) is 5.75 Å². The highest BCUT2D eigenvalue weighted by molar-refractivity contribution is 5.23. The van der Waals surface area contributed by atoms with Crippen molar-refractivity contribution >= 4 is 0 Å². The van der Waals surface area contributed by atoms with Crippen LogP contribution in [0.4, 0.5) is 8.78 Å². The lowest BCUT2D eigenvalue weighted by molar-refractivity contribution is 0.133. The average Bonchev–Trinajstić information content (AvgIpc) is 2.40. The van der Waals surface area contributed by atoms with Crippen LogP contribution >= 0.6 is 0 Å². The Morgan fingerprint density at radius 3 is 2.21 bits per heavy atom. The minimum atomic E-state index is -1.22. The zero-order chi connectivity index (χ0) is 13.7. The van der Waals surface area contributed by atoms with Crippen LogP contribution in [0.15, 0.2) is 48.5 Å². The van der Waals surface area contributed by atoms with E-state index in [0.29, 0.717) is 5.75 Å². The van der Waals surface area contributed by atoms with Crippen molar-refractivity contribution in [2.75, 3.05) is 6.61 Å². The molecule has 2 nitrogen and oxygen atoms in total. The summed E-state index contributed by atoms with van der Waals surface area (Å²) in [5, 5.41) is 9.80. The maximum Gasteiger partial charge on any atom is 0.131 e. The molecule has 0 aliphatic heterocycles. The first-order chi connectivity index (χ1) is 9.18. The molecule has 100 valence electrons. The van der Waals surface area contributed by atoms with Crippen molar-refractivity contribution in [2.45, 2.75) is 12.5 Å². The third kappa shape index (κ3) is 3.51. The Labute approximate surface area is 110 Å². The van der Waals surface area contributed by atoms with Gasteiger partial charge < -0.3 is 9.84 Å². The van der Waals surface area contributed by atoms with E-state index in [1.54, 1.807) is 12.1 Å². The summed E-state index contributed by atoms with van der Waals surface area (Å²) in [6, 6.07) is 12.6. The number of halogens is 2. The maximum absolute atomic E-state index is 13.4. The first kappa shape index (κ1) is 13.5. The van der Waals surface area contributed by atoms with Crippen molar-refractivity contribution in [1.82, 2.24) is 0 Å². The van der Waals surface area contributed by atoms with Crippen molar-refractivity contribution in [3.05, 3.63) is 65.7 Å². The second kappa shape index (κ2) is 6.29. The average molecular weight is 264 g/mol. The molecule has 2 aromatic rings. The zero-order valence-electron chi connectivity index (χ0n) is 10.2. The van der Waals surface area contributed by atoms with Crippen molar-refractivity contribution in [1.29, 1.82) is 0 Å². The Hall–Kier alpha value is -1.94. The van der Waals surface area contributed by atoms with Gasteiger partial charge in [-0.3, -0.25) is 0 Å². The minimum Gasteiger partial charge on any atom is -0.493 e. The number of ether oxygens (including phenoxy) is 1. The van der Waals surface area contributed by atoms with E-state index >= 15 is 0 Å². The molecule has 2 rings (SSSR count). The van der Waals surface area contributed by atoms with Gasteiger partial charge in [0.2, 0.25) is 0 Å². The second-order valence-electron chi connectivity index (χ2n) is 4.10. The van der Waals surface area contributed by atoms with E-state index in [0.717, 1.165) is 12.1 Å². The number of rotatable bonds is 5. The summed E-state index contributed by atoms with van der Waals surface area (Å²) in [5.41, 5.74) is -0.306. The van der Waals surface area contributed by atoms with Gasteiger partial charge in [0.15, 0.2) is 0 Å². The largest absolute Gasteiger partial charge is 0.493 e. The summed E-state index contributed by atoms with van der Waals surface area (Å²) >= 11 is 0. The normalized spacial score (nSPS) is 12.2. The van der Waals surface area contributed by atoms with Crippen LogP contribution in [0, 0.1) is 11.6 Å². The molecule has 1 atom stereocenters. The van der Waals surface area contributed by atoms with Crippen LogP contribution in [0.1, 0.15) is 18.1 Å². The van der Waals surface area contributed by atoms with Gasteiger partial charge in [0.05, 0.1) is 18.3 Å². The van der Waals surface area contributed by atoms with Gasteiger partial charge >= 0.3 is 0 Å². The summed E-state index contributed by atoms with van der Waals surface area (Å²) in [4.78, 5) is 0. The standard InChI is InChI=1S/C15H14F2O2/c16-12-7-4-8-13(17)15(12)14(18)9-10-19-11-5-2-1-3-6-11/h1-8,14,18H,9-10H2. The van der Waals surface area contributed by atoms with Crippen LogP contribution < -0.4 is 4.74 Å². The van der Waals surface area contributed by atoms with Crippen LogP contribution in [0.25, 0.3) is 0 Å². The Kier molecular flexibility index (Phi) is 4.47. The lowest BCUT2D eigenvalue weighted by atomic mass is 10.1. The van der Waals surface area contributed by atoms with Crippen LogP contribution in [-0.2, 0) is 0 Å². The topological polar surface area (TPSA) is 29.5 Å². The molecule has 0 fully saturated rings. The molecule has 0 amide bonds. The van der Waals surface area contributed by atoms with E-state index in [4.69, 9.17) is 4.74 Å². The molecule has 0 aromatic heterocycles. The molecular weight excluding hydrogens is 250 g/mol. The van der Waals surface area contributed by atoms with Gasteiger partial charge in [-0.2, -0.15) is 0 Å². The highest BCUT2D eigenvalue weighted by Crippen LogP contribution is 2.23. The van der Waals surface area contributed by atoms with Gasteiger partial charge in [0, 0.05) is 6.42 Å². The minimum absolute atomic E-state index is 0.118. The van der Waals surface area contributed by atoms with Crippen molar-refractivity contribution in [3.8, 4) is 5.75 Å². The second-order valence-corrected chi connectivity index (χ2v) is 4.10. The lowest BCUT2D eigenvalue weighted by Gasteiger charge is -2.13. The smallest absolute Gasteiger partial charge is 0.131 e. The number of aliphatic hydroxyl groups excluding tert-OH is 1. The fraction of sp³-hybridized carbons (Fsp3) is 0.200. The van der Waals surface area contributed by atoms with Gasteiger partial charge in [-0.25, -0.2) is 8.78 Å². The van der Waals surface area contributed by atoms with Crippen molar-refractivity contribution in [3.63, 3.8) is 0 Å². The molecule has 0 aliphatic carbocycles. The monoisotopic (exact) mass is 264 g/mol. The van der Waals surface area contributed by atoms with Gasteiger partial charge in [-0.15, -0.1) is 0 Å². The molecule has 0 saturated heterocycles. The fourth-order valence-corrected chi connectivity index (χ4v) is 1.78. The summed E-state index contributed by atoms with van der Waals surface area (Å²) in [6.45, 7) is 0.180. The highest BCUT2D eigenvalue weighted by atomic mass is 19.1. The van der Waals surface area contributed by atoms with Crippen LogP contribution in [0.2, 0.25) is 0 Å². The number of aliphatic hydroxyl groups is 1. The van der Waals surface area contributed by atoms with E-state index in [1.165, 1.54) is 6.07 Å². The SMILES string of the molecule is OC(CCOc1ccccc1)c1c(F)cccc1F. The summed E-state index contributed by atoms with van der Waals surface area (Å²) in [5.74, 6) is -0.830. The molecule has 4 heteroatoms. The molecular formula is C15H14F2O2. The predicted molar refractivity (Wildman–Crippen MR) is 67.9 cm³/mol. The molecule has 0 bridgehead atoms. The molecule has 2 aromatic carbocycles.